The monoisotopic (exact) mass is 462 g/mol. The Labute approximate surface area is 200 Å². The number of benzene rings is 3. The van der Waals surface area contributed by atoms with E-state index < -0.39 is 0 Å². The summed E-state index contributed by atoms with van der Waals surface area (Å²) in [5, 5.41) is 6.05. The Kier molecular flexibility index (Phi) is 8.63. The number of anilines is 2. The second-order valence-corrected chi connectivity index (χ2v) is 7.88. The summed E-state index contributed by atoms with van der Waals surface area (Å²) in [6, 6.07) is 24.5. The second kappa shape index (κ2) is 12.5. The molecule has 0 spiro atoms. The van der Waals surface area contributed by atoms with Crippen molar-refractivity contribution in [2.75, 3.05) is 43.6 Å². The van der Waals surface area contributed by atoms with Crippen LogP contribution in [0.4, 0.5) is 11.4 Å². The maximum atomic E-state index is 12.5. The Morgan fingerprint density at radius 3 is 2.47 bits per heavy atom. The highest BCUT2D eigenvalue weighted by Gasteiger charge is 2.17. The fourth-order valence-corrected chi connectivity index (χ4v) is 3.56. The topological polar surface area (TPSA) is 78.1 Å². The van der Waals surface area contributed by atoms with Gasteiger partial charge >= 0.3 is 0 Å². The summed E-state index contributed by atoms with van der Waals surface area (Å²) in [4.78, 5) is 12.5. The summed E-state index contributed by atoms with van der Waals surface area (Å²) in [6.45, 7) is 2.24. The van der Waals surface area contributed by atoms with Gasteiger partial charge in [0.25, 0.3) is 0 Å². The summed E-state index contributed by atoms with van der Waals surface area (Å²) in [5.74, 6) is 1.98. The summed E-state index contributed by atoms with van der Waals surface area (Å²) in [5.41, 5.74) is 1.43. The third-order valence-electron chi connectivity index (χ3n) is 5.26. The molecule has 7 heteroatoms. The lowest BCUT2D eigenvalue weighted by atomic mass is 10.2. The lowest BCUT2D eigenvalue weighted by Gasteiger charge is -2.15. The molecule has 1 aliphatic heterocycles. The van der Waals surface area contributed by atoms with Gasteiger partial charge in [0.05, 0.1) is 18.3 Å². The number of hydrogen-bond donors (Lipinski definition) is 2. The van der Waals surface area contributed by atoms with Crippen molar-refractivity contribution in [3.8, 4) is 17.2 Å². The lowest BCUT2D eigenvalue weighted by molar-refractivity contribution is -0.114. The van der Waals surface area contributed by atoms with Crippen molar-refractivity contribution in [3.05, 3.63) is 78.9 Å². The van der Waals surface area contributed by atoms with E-state index in [9.17, 15) is 4.79 Å². The second-order valence-electron chi connectivity index (χ2n) is 7.88. The van der Waals surface area contributed by atoms with Gasteiger partial charge in [0, 0.05) is 18.4 Å². The molecule has 1 amide bonds. The van der Waals surface area contributed by atoms with E-state index in [2.05, 4.69) is 10.6 Å². The first-order valence-corrected chi connectivity index (χ1v) is 11.5. The Hall–Kier alpha value is -3.71. The third-order valence-corrected chi connectivity index (χ3v) is 5.26. The molecule has 1 unspecified atom stereocenters. The number of ether oxygens (including phenoxy) is 4. The first-order chi connectivity index (χ1) is 16.8. The minimum absolute atomic E-state index is 0.112. The normalized spacial score (nSPS) is 14.9. The molecule has 1 atom stereocenters. The Morgan fingerprint density at radius 2 is 1.65 bits per heavy atom. The molecule has 3 aromatic rings. The predicted octanol–water partition coefficient (Wildman–Crippen LogP) is 4.75. The summed E-state index contributed by atoms with van der Waals surface area (Å²) in [7, 11) is 0. The molecular formula is C27H30N2O5. The van der Waals surface area contributed by atoms with Crippen LogP contribution in [0, 0.1) is 0 Å². The largest absolute Gasteiger partial charge is 0.490 e. The number of rotatable bonds is 12. The fraction of sp³-hybridized carbons (Fsp3) is 0.296. The highest BCUT2D eigenvalue weighted by Crippen LogP contribution is 2.25. The molecule has 1 fully saturated rings. The van der Waals surface area contributed by atoms with Crippen LogP contribution in [-0.2, 0) is 9.53 Å². The lowest BCUT2D eigenvalue weighted by Crippen LogP contribution is -2.23. The molecule has 0 saturated carbocycles. The van der Waals surface area contributed by atoms with Crippen LogP contribution in [0.25, 0.3) is 0 Å². The third kappa shape index (κ3) is 7.42. The first-order valence-electron chi connectivity index (χ1n) is 11.5. The van der Waals surface area contributed by atoms with Crippen molar-refractivity contribution in [1.82, 2.24) is 0 Å². The molecule has 1 heterocycles. The minimum Gasteiger partial charge on any atom is -0.490 e. The van der Waals surface area contributed by atoms with Crippen molar-refractivity contribution >= 4 is 17.3 Å². The van der Waals surface area contributed by atoms with E-state index in [4.69, 9.17) is 18.9 Å². The van der Waals surface area contributed by atoms with E-state index in [1.54, 1.807) is 0 Å². The average Bonchev–Trinajstić information content (AvgIpc) is 3.40. The van der Waals surface area contributed by atoms with Crippen LogP contribution < -0.4 is 24.8 Å². The maximum Gasteiger partial charge on any atom is 0.243 e. The zero-order chi connectivity index (χ0) is 23.4. The minimum atomic E-state index is -0.171. The SMILES string of the molecule is O=C(CNc1cccc(OCCOc2ccccc2)c1)Nc1ccccc1OCC1CCCO1. The van der Waals surface area contributed by atoms with Crippen LogP contribution in [0.5, 0.6) is 17.2 Å². The molecule has 7 nitrogen and oxygen atoms in total. The molecule has 0 aromatic heterocycles. The van der Waals surface area contributed by atoms with Crippen LogP contribution >= 0.6 is 0 Å². The van der Waals surface area contributed by atoms with Gasteiger partial charge in [-0.3, -0.25) is 4.79 Å². The zero-order valence-electron chi connectivity index (χ0n) is 19.1. The number of para-hydroxylation sites is 3. The smallest absolute Gasteiger partial charge is 0.243 e. The molecule has 34 heavy (non-hydrogen) atoms. The van der Waals surface area contributed by atoms with E-state index in [0.29, 0.717) is 37.0 Å². The number of nitrogens with one attached hydrogen (secondary N) is 2. The molecule has 0 bridgehead atoms. The van der Waals surface area contributed by atoms with Crippen molar-refractivity contribution in [2.45, 2.75) is 18.9 Å². The summed E-state index contributed by atoms with van der Waals surface area (Å²) in [6.07, 6.45) is 2.18. The van der Waals surface area contributed by atoms with Gasteiger partial charge in [-0.2, -0.15) is 0 Å². The van der Waals surface area contributed by atoms with Gasteiger partial charge in [-0.1, -0.05) is 36.4 Å². The van der Waals surface area contributed by atoms with Gasteiger partial charge in [0.2, 0.25) is 5.91 Å². The molecule has 4 rings (SSSR count). The molecule has 0 radical (unpaired) electrons. The summed E-state index contributed by atoms with van der Waals surface area (Å²) < 4.78 is 22.9. The number of carbonyl (C=O) groups is 1. The Balaban J connectivity index is 1.21. The molecule has 2 N–H and O–H groups in total. The van der Waals surface area contributed by atoms with Crippen LogP contribution in [0.15, 0.2) is 78.9 Å². The van der Waals surface area contributed by atoms with E-state index >= 15 is 0 Å². The molecule has 178 valence electrons. The highest BCUT2D eigenvalue weighted by molar-refractivity contribution is 5.95. The van der Waals surface area contributed by atoms with Gasteiger partial charge in [-0.15, -0.1) is 0 Å². The zero-order valence-corrected chi connectivity index (χ0v) is 19.1. The van der Waals surface area contributed by atoms with Gasteiger partial charge in [-0.25, -0.2) is 0 Å². The average molecular weight is 463 g/mol. The van der Waals surface area contributed by atoms with Crippen molar-refractivity contribution in [1.29, 1.82) is 0 Å². The molecule has 0 aliphatic carbocycles. The number of hydrogen-bond acceptors (Lipinski definition) is 6. The molecular weight excluding hydrogens is 432 g/mol. The van der Waals surface area contributed by atoms with Gasteiger partial charge in [-0.05, 0) is 49.2 Å². The van der Waals surface area contributed by atoms with E-state index in [0.717, 1.165) is 30.9 Å². The van der Waals surface area contributed by atoms with Crippen LogP contribution in [0.3, 0.4) is 0 Å². The fourth-order valence-electron chi connectivity index (χ4n) is 3.56. The molecule has 1 saturated heterocycles. The molecule has 1 aliphatic rings. The van der Waals surface area contributed by atoms with E-state index in [-0.39, 0.29) is 18.6 Å². The Morgan fingerprint density at radius 1 is 0.882 bits per heavy atom. The standard InChI is InChI=1S/C27H30N2O5/c30-27(29-25-13-4-5-14-26(25)34-20-24-12-7-15-31-24)19-28-21-8-6-11-23(18-21)33-17-16-32-22-9-2-1-3-10-22/h1-6,8-11,13-14,18,24,28H,7,12,15-17,19-20H2,(H,29,30). The first kappa shape index (κ1) is 23.4. The van der Waals surface area contributed by atoms with Crippen LogP contribution in [0.2, 0.25) is 0 Å². The highest BCUT2D eigenvalue weighted by atomic mass is 16.5. The quantitative estimate of drug-likeness (QED) is 0.378. The van der Waals surface area contributed by atoms with Gasteiger partial charge in [0.15, 0.2) is 0 Å². The number of carbonyl (C=O) groups excluding carboxylic acids is 1. The number of amides is 1. The predicted molar refractivity (Wildman–Crippen MR) is 132 cm³/mol. The van der Waals surface area contributed by atoms with Crippen molar-refractivity contribution in [2.24, 2.45) is 0 Å². The maximum absolute atomic E-state index is 12.5. The molecule has 3 aromatic carbocycles. The van der Waals surface area contributed by atoms with E-state index in [1.807, 2.05) is 78.9 Å². The summed E-state index contributed by atoms with van der Waals surface area (Å²) >= 11 is 0. The van der Waals surface area contributed by atoms with Crippen molar-refractivity contribution in [3.63, 3.8) is 0 Å². The van der Waals surface area contributed by atoms with Crippen LogP contribution in [0.1, 0.15) is 12.8 Å². The van der Waals surface area contributed by atoms with E-state index in [1.165, 1.54) is 0 Å². The van der Waals surface area contributed by atoms with Gasteiger partial charge in [0.1, 0.15) is 37.1 Å². The van der Waals surface area contributed by atoms with Crippen molar-refractivity contribution < 1.29 is 23.7 Å². The van der Waals surface area contributed by atoms with Gasteiger partial charge < -0.3 is 29.6 Å². The van der Waals surface area contributed by atoms with Crippen LogP contribution in [-0.4, -0.2) is 45.0 Å². The Bertz CT molecular complexity index is 1040.